The van der Waals surface area contributed by atoms with Crippen molar-refractivity contribution in [3.63, 3.8) is 0 Å². The van der Waals surface area contributed by atoms with Crippen molar-refractivity contribution in [3.8, 4) is 11.5 Å². The van der Waals surface area contributed by atoms with Gasteiger partial charge >= 0.3 is 5.97 Å². The van der Waals surface area contributed by atoms with Crippen LogP contribution in [0.4, 0.5) is 5.69 Å². The third kappa shape index (κ3) is 6.69. The molecule has 1 aromatic carbocycles. The van der Waals surface area contributed by atoms with Crippen LogP contribution in [0.3, 0.4) is 0 Å². The monoisotopic (exact) mass is 398 g/mol. The molecule has 0 radical (unpaired) electrons. The van der Waals surface area contributed by atoms with Gasteiger partial charge in [-0.3, -0.25) is 4.98 Å². The first kappa shape index (κ1) is 22.0. The molecule has 3 rings (SSSR count). The zero-order valence-electron chi connectivity index (χ0n) is 16.9. The van der Waals surface area contributed by atoms with Gasteiger partial charge in [0.25, 0.3) is 0 Å². The van der Waals surface area contributed by atoms with Crippen molar-refractivity contribution in [1.29, 1.82) is 0 Å². The molecular weight excluding hydrogens is 372 g/mol. The van der Waals surface area contributed by atoms with Gasteiger partial charge in [-0.2, -0.15) is 4.98 Å². The van der Waals surface area contributed by atoms with Crippen LogP contribution in [0.25, 0.3) is 11.5 Å². The molecule has 0 fully saturated rings. The van der Waals surface area contributed by atoms with Gasteiger partial charge in [0.1, 0.15) is 12.3 Å². The number of hydrogen-bond donors (Lipinski definition) is 1. The molecule has 0 unspecified atom stereocenters. The number of rotatable bonds is 8. The second-order valence-electron chi connectivity index (χ2n) is 5.81. The highest BCUT2D eigenvalue weighted by Gasteiger charge is 2.12. The Kier molecular flexibility index (Phi) is 8.78. The van der Waals surface area contributed by atoms with Crippen molar-refractivity contribution in [2.75, 3.05) is 25.6 Å². The van der Waals surface area contributed by atoms with Gasteiger partial charge in [0.05, 0.1) is 37.1 Å². The zero-order valence-corrected chi connectivity index (χ0v) is 16.9. The van der Waals surface area contributed by atoms with E-state index in [1.807, 2.05) is 26.8 Å². The molecule has 0 bridgehead atoms. The Morgan fingerprint density at radius 2 is 1.90 bits per heavy atom. The molecule has 3 aromatic rings. The minimum atomic E-state index is -0.368. The highest BCUT2D eigenvalue weighted by atomic mass is 16.6. The molecule has 2 N–H and O–H groups in total. The summed E-state index contributed by atoms with van der Waals surface area (Å²) in [6.07, 6.45) is 2.01. The van der Waals surface area contributed by atoms with Crippen LogP contribution in [0.15, 0.2) is 47.1 Å². The van der Waals surface area contributed by atoms with Crippen molar-refractivity contribution >= 4 is 11.7 Å². The Labute approximate surface area is 170 Å². The number of anilines is 1. The number of esters is 1. The highest BCUT2D eigenvalue weighted by molar-refractivity contribution is 5.89. The number of hydrogen-bond acceptors (Lipinski definition) is 8. The summed E-state index contributed by atoms with van der Waals surface area (Å²) in [6, 6.07) is 10.6. The van der Waals surface area contributed by atoms with Crippen LogP contribution in [-0.2, 0) is 15.9 Å². The van der Waals surface area contributed by atoms with Crippen LogP contribution in [0.1, 0.15) is 35.7 Å². The summed E-state index contributed by atoms with van der Waals surface area (Å²) in [5.41, 5.74) is 8.30. The molecule has 8 heteroatoms. The quantitative estimate of drug-likeness (QED) is 0.453. The number of aryl methyl sites for hydroxylation is 1. The Morgan fingerprint density at radius 3 is 2.62 bits per heavy atom. The van der Waals surface area contributed by atoms with Gasteiger partial charge in [0.15, 0.2) is 0 Å². The van der Waals surface area contributed by atoms with E-state index >= 15 is 0 Å². The lowest BCUT2D eigenvalue weighted by Gasteiger charge is -2.05. The van der Waals surface area contributed by atoms with Gasteiger partial charge in [-0.05, 0) is 30.7 Å². The summed E-state index contributed by atoms with van der Waals surface area (Å²) in [6.45, 7) is 6.73. The molecule has 2 heterocycles. The number of benzene rings is 1. The molecule has 0 aliphatic rings. The van der Waals surface area contributed by atoms with Crippen LogP contribution >= 0.6 is 0 Å². The molecule has 0 amide bonds. The molecular formula is C21H26N4O4. The highest BCUT2D eigenvalue weighted by Crippen LogP contribution is 2.19. The van der Waals surface area contributed by atoms with Crippen molar-refractivity contribution in [1.82, 2.24) is 15.1 Å². The normalized spacial score (nSPS) is 10.2. The van der Waals surface area contributed by atoms with Gasteiger partial charge in [-0.25, -0.2) is 4.79 Å². The first-order chi connectivity index (χ1) is 14.1. The summed E-state index contributed by atoms with van der Waals surface area (Å²) >= 11 is 0. The van der Waals surface area contributed by atoms with Crippen molar-refractivity contribution in [2.45, 2.75) is 27.2 Å². The Balaban J connectivity index is 0.00000145. The number of nitrogen functional groups attached to an aromatic ring is 1. The molecule has 0 aliphatic carbocycles. The number of carbonyl (C=O) groups is 1. The summed E-state index contributed by atoms with van der Waals surface area (Å²) in [4.78, 5) is 20.3. The van der Waals surface area contributed by atoms with Crippen LogP contribution in [-0.4, -0.2) is 40.9 Å². The van der Waals surface area contributed by atoms with Gasteiger partial charge < -0.3 is 19.7 Å². The smallest absolute Gasteiger partial charge is 0.338 e. The van der Waals surface area contributed by atoms with E-state index in [2.05, 4.69) is 15.1 Å². The zero-order chi connectivity index (χ0) is 21.1. The molecule has 0 aliphatic heterocycles. The lowest BCUT2D eigenvalue weighted by atomic mass is 10.2. The maximum atomic E-state index is 11.8. The standard InChI is InChI=1S/C19H20N4O4.C2H6/c1-13-11-15(20)12-21-17(13)18-22-16(27-23-18)7-8-25-9-10-26-19(24)14-5-3-2-4-6-14;1-2/h2-6,11-12H,7-10,20H2,1H3;1-2H3. The fraction of sp³-hybridized carbons (Fsp3) is 0.333. The van der Waals surface area contributed by atoms with Crippen LogP contribution < -0.4 is 5.73 Å². The lowest BCUT2D eigenvalue weighted by Crippen LogP contribution is -2.11. The van der Waals surface area contributed by atoms with E-state index in [0.717, 1.165) is 5.56 Å². The first-order valence-electron chi connectivity index (χ1n) is 9.48. The number of carbonyl (C=O) groups excluding carboxylic acids is 1. The van der Waals surface area contributed by atoms with Gasteiger partial charge in [0, 0.05) is 0 Å². The maximum absolute atomic E-state index is 11.8. The summed E-state index contributed by atoms with van der Waals surface area (Å²) < 4.78 is 15.8. The van der Waals surface area contributed by atoms with E-state index in [-0.39, 0.29) is 19.2 Å². The number of pyridine rings is 1. The van der Waals surface area contributed by atoms with E-state index in [0.29, 0.717) is 41.7 Å². The molecule has 29 heavy (non-hydrogen) atoms. The number of nitrogens with two attached hydrogens (primary N) is 1. The van der Waals surface area contributed by atoms with Crippen molar-refractivity contribution in [2.24, 2.45) is 0 Å². The average molecular weight is 398 g/mol. The Hall–Kier alpha value is -3.26. The third-order valence-corrected chi connectivity index (χ3v) is 3.71. The minimum absolute atomic E-state index is 0.178. The summed E-state index contributed by atoms with van der Waals surface area (Å²) in [5.74, 6) is 0.496. The van der Waals surface area contributed by atoms with Crippen LogP contribution in [0, 0.1) is 6.92 Å². The lowest BCUT2D eigenvalue weighted by molar-refractivity contribution is 0.0315. The van der Waals surface area contributed by atoms with E-state index in [9.17, 15) is 4.79 Å². The van der Waals surface area contributed by atoms with Gasteiger partial charge in [-0.1, -0.05) is 37.2 Å². The van der Waals surface area contributed by atoms with Crippen LogP contribution in [0.2, 0.25) is 0 Å². The number of ether oxygens (including phenoxy) is 2. The van der Waals surface area contributed by atoms with Crippen LogP contribution in [0.5, 0.6) is 0 Å². The molecule has 0 spiro atoms. The average Bonchev–Trinajstić information content (AvgIpc) is 3.21. The topological polar surface area (TPSA) is 113 Å². The second kappa shape index (κ2) is 11.6. The number of aromatic nitrogens is 3. The first-order valence-corrected chi connectivity index (χ1v) is 9.48. The summed E-state index contributed by atoms with van der Waals surface area (Å²) in [7, 11) is 0. The Morgan fingerprint density at radius 1 is 1.14 bits per heavy atom. The van der Waals surface area contributed by atoms with Gasteiger partial charge in [-0.15, -0.1) is 0 Å². The van der Waals surface area contributed by atoms with Crippen molar-refractivity contribution in [3.05, 3.63) is 59.6 Å². The van der Waals surface area contributed by atoms with E-state index in [4.69, 9.17) is 19.7 Å². The predicted octanol–water partition coefficient (Wildman–Crippen LogP) is 3.46. The second-order valence-corrected chi connectivity index (χ2v) is 5.81. The molecule has 0 saturated heterocycles. The minimum Gasteiger partial charge on any atom is -0.460 e. The van der Waals surface area contributed by atoms with Gasteiger partial charge in [0.2, 0.25) is 11.7 Å². The fourth-order valence-corrected chi connectivity index (χ4v) is 2.40. The van der Waals surface area contributed by atoms with E-state index in [1.54, 1.807) is 36.5 Å². The summed E-state index contributed by atoms with van der Waals surface area (Å²) in [5, 5.41) is 3.93. The fourth-order valence-electron chi connectivity index (χ4n) is 2.40. The Bertz CT molecular complexity index is 897. The molecule has 154 valence electrons. The molecule has 0 atom stereocenters. The molecule has 8 nitrogen and oxygen atoms in total. The number of nitrogens with zero attached hydrogens (tertiary/aromatic N) is 3. The van der Waals surface area contributed by atoms with Crippen molar-refractivity contribution < 1.29 is 18.8 Å². The predicted molar refractivity (Wildman–Crippen MR) is 109 cm³/mol. The molecule has 2 aromatic heterocycles. The third-order valence-electron chi connectivity index (χ3n) is 3.71. The molecule has 0 saturated carbocycles. The SMILES string of the molecule is CC.Cc1cc(N)cnc1-c1noc(CCOCCOC(=O)c2ccccc2)n1. The van der Waals surface area contributed by atoms with E-state index in [1.165, 1.54) is 0 Å². The van der Waals surface area contributed by atoms with E-state index < -0.39 is 0 Å². The maximum Gasteiger partial charge on any atom is 0.338 e. The largest absolute Gasteiger partial charge is 0.460 e.